The second-order valence-corrected chi connectivity index (χ2v) is 4.98. The van der Waals surface area contributed by atoms with Crippen molar-refractivity contribution in [1.82, 2.24) is 0 Å². The second-order valence-electron chi connectivity index (χ2n) is 4.06. The average molecular weight is 314 g/mol. The van der Waals surface area contributed by atoms with Crippen molar-refractivity contribution in [3.8, 4) is 5.75 Å². The van der Waals surface area contributed by atoms with Gasteiger partial charge in [0.25, 0.3) is 0 Å². The normalized spacial score (nSPS) is 19.1. The summed E-state index contributed by atoms with van der Waals surface area (Å²) in [5, 5.41) is 8.95. The molecule has 1 N–H and O–H groups in total. The van der Waals surface area contributed by atoms with Crippen LogP contribution in [-0.2, 0) is 9.59 Å². The van der Waals surface area contributed by atoms with Gasteiger partial charge in [-0.05, 0) is 18.2 Å². The van der Waals surface area contributed by atoms with Crippen LogP contribution in [0.3, 0.4) is 0 Å². The van der Waals surface area contributed by atoms with E-state index in [0.717, 1.165) is 4.47 Å². The van der Waals surface area contributed by atoms with Gasteiger partial charge in [0.05, 0.1) is 18.7 Å². The van der Waals surface area contributed by atoms with Crippen LogP contribution in [-0.4, -0.2) is 30.6 Å². The number of carbonyl (C=O) groups is 2. The average Bonchev–Trinajstić information content (AvgIpc) is 2.71. The Bertz CT molecular complexity index is 503. The zero-order chi connectivity index (χ0) is 13.3. The topological polar surface area (TPSA) is 66.8 Å². The number of aliphatic carboxylic acids is 1. The van der Waals surface area contributed by atoms with Crippen LogP contribution < -0.4 is 9.64 Å². The van der Waals surface area contributed by atoms with Gasteiger partial charge >= 0.3 is 5.97 Å². The summed E-state index contributed by atoms with van der Waals surface area (Å²) in [6.45, 7) is 0.187. The predicted molar refractivity (Wildman–Crippen MR) is 68.8 cm³/mol. The number of carboxylic acids is 1. The van der Waals surface area contributed by atoms with Crippen molar-refractivity contribution in [2.24, 2.45) is 5.92 Å². The second kappa shape index (κ2) is 4.97. The largest absolute Gasteiger partial charge is 0.495 e. The number of ether oxygens (including phenoxy) is 1. The van der Waals surface area contributed by atoms with E-state index in [2.05, 4.69) is 15.9 Å². The molecule has 1 aromatic carbocycles. The molecule has 96 valence electrons. The zero-order valence-corrected chi connectivity index (χ0v) is 11.3. The lowest BCUT2D eigenvalue weighted by atomic mass is 10.1. The SMILES string of the molecule is COc1cc(Br)ccc1N1C[C@@H](C(=O)O)CC1=O. The van der Waals surface area contributed by atoms with Crippen molar-refractivity contribution in [2.45, 2.75) is 6.42 Å². The van der Waals surface area contributed by atoms with E-state index in [0.29, 0.717) is 11.4 Å². The van der Waals surface area contributed by atoms with Gasteiger partial charge in [0.2, 0.25) is 5.91 Å². The highest BCUT2D eigenvalue weighted by atomic mass is 79.9. The highest BCUT2D eigenvalue weighted by molar-refractivity contribution is 9.10. The van der Waals surface area contributed by atoms with E-state index in [1.54, 1.807) is 18.2 Å². The Kier molecular flexibility index (Phi) is 3.56. The molecule has 0 spiro atoms. The highest BCUT2D eigenvalue weighted by Gasteiger charge is 2.36. The zero-order valence-electron chi connectivity index (χ0n) is 9.72. The van der Waals surface area contributed by atoms with E-state index in [9.17, 15) is 9.59 Å². The van der Waals surface area contributed by atoms with Crippen LogP contribution in [0.25, 0.3) is 0 Å². The van der Waals surface area contributed by atoms with Crippen LogP contribution in [0.2, 0.25) is 0 Å². The summed E-state index contributed by atoms with van der Waals surface area (Å²) in [7, 11) is 1.51. The molecule has 0 aliphatic carbocycles. The van der Waals surface area contributed by atoms with Crippen LogP contribution in [0.4, 0.5) is 5.69 Å². The third-order valence-electron chi connectivity index (χ3n) is 2.91. The summed E-state index contributed by atoms with van der Waals surface area (Å²) in [6.07, 6.45) is 0.0363. The first-order valence-corrected chi connectivity index (χ1v) is 6.19. The number of halogens is 1. The van der Waals surface area contributed by atoms with Crippen molar-refractivity contribution in [2.75, 3.05) is 18.6 Å². The van der Waals surface area contributed by atoms with Crippen LogP contribution in [0.15, 0.2) is 22.7 Å². The van der Waals surface area contributed by atoms with Crippen LogP contribution in [0, 0.1) is 5.92 Å². The number of amides is 1. The first-order valence-electron chi connectivity index (χ1n) is 5.39. The van der Waals surface area contributed by atoms with Gasteiger partial charge in [-0.1, -0.05) is 15.9 Å². The van der Waals surface area contributed by atoms with E-state index in [1.807, 2.05) is 0 Å². The van der Waals surface area contributed by atoms with Gasteiger partial charge in [0, 0.05) is 17.4 Å². The molecule has 6 heteroatoms. The van der Waals surface area contributed by atoms with Crippen LogP contribution in [0.1, 0.15) is 6.42 Å². The third kappa shape index (κ3) is 2.33. The fraction of sp³-hybridized carbons (Fsp3) is 0.333. The molecule has 2 rings (SSSR count). The molecule has 1 amide bonds. The molecule has 1 fully saturated rings. The number of anilines is 1. The Morgan fingerprint density at radius 1 is 1.56 bits per heavy atom. The molecule has 5 nitrogen and oxygen atoms in total. The van der Waals surface area contributed by atoms with Crippen molar-refractivity contribution in [3.63, 3.8) is 0 Å². The third-order valence-corrected chi connectivity index (χ3v) is 3.40. The number of methoxy groups -OCH3 is 1. The molecule has 1 atom stereocenters. The molecule has 18 heavy (non-hydrogen) atoms. The fourth-order valence-electron chi connectivity index (χ4n) is 1.98. The summed E-state index contributed by atoms with van der Waals surface area (Å²) >= 11 is 3.32. The van der Waals surface area contributed by atoms with E-state index in [1.165, 1.54) is 12.0 Å². The molecule has 1 saturated heterocycles. The first-order chi connectivity index (χ1) is 8.52. The number of carbonyl (C=O) groups excluding carboxylic acids is 1. The lowest BCUT2D eigenvalue weighted by Gasteiger charge is -2.19. The maximum atomic E-state index is 11.8. The Hall–Kier alpha value is -1.56. The molecule has 1 aliphatic rings. The number of hydrogen-bond donors (Lipinski definition) is 1. The Balaban J connectivity index is 2.32. The van der Waals surface area contributed by atoms with E-state index < -0.39 is 11.9 Å². The minimum Gasteiger partial charge on any atom is -0.495 e. The van der Waals surface area contributed by atoms with E-state index in [-0.39, 0.29) is 18.9 Å². The van der Waals surface area contributed by atoms with E-state index in [4.69, 9.17) is 9.84 Å². The van der Waals surface area contributed by atoms with Gasteiger partial charge in [-0.3, -0.25) is 9.59 Å². The number of hydrogen-bond acceptors (Lipinski definition) is 3. The molecular weight excluding hydrogens is 302 g/mol. The van der Waals surface area contributed by atoms with Crippen LogP contribution >= 0.6 is 15.9 Å². The highest BCUT2D eigenvalue weighted by Crippen LogP contribution is 2.35. The Labute approximate surface area is 112 Å². The predicted octanol–water partition coefficient (Wildman–Crippen LogP) is 1.90. The van der Waals surface area contributed by atoms with E-state index >= 15 is 0 Å². The first kappa shape index (κ1) is 12.9. The summed E-state index contributed by atoms with van der Waals surface area (Å²) in [5.41, 5.74) is 0.606. The molecule has 1 aliphatic heterocycles. The summed E-state index contributed by atoms with van der Waals surface area (Å²) in [6, 6.07) is 5.28. The van der Waals surface area contributed by atoms with Crippen molar-refractivity contribution in [1.29, 1.82) is 0 Å². The Morgan fingerprint density at radius 3 is 2.83 bits per heavy atom. The standard InChI is InChI=1S/C12H12BrNO4/c1-18-10-5-8(13)2-3-9(10)14-6-7(12(16)17)4-11(14)15/h2-3,5,7H,4,6H2,1H3,(H,16,17)/t7-/m0/s1. The van der Waals surface area contributed by atoms with Gasteiger partial charge in [0.1, 0.15) is 5.75 Å². The molecule has 0 aromatic heterocycles. The molecular formula is C12H12BrNO4. The minimum atomic E-state index is -0.943. The number of benzene rings is 1. The molecule has 0 saturated carbocycles. The maximum absolute atomic E-state index is 11.8. The number of nitrogens with zero attached hydrogens (tertiary/aromatic N) is 1. The number of rotatable bonds is 3. The van der Waals surface area contributed by atoms with Crippen molar-refractivity contribution in [3.05, 3.63) is 22.7 Å². The quantitative estimate of drug-likeness (QED) is 0.925. The maximum Gasteiger partial charge on any atom is 0.308 e. The van der Waals surface area contributed by atoms with Crippen molar-refractivity contribution < 1.29 is 19.4 Å². The Morgan fingerprint density at radius 2 is 2.28 bits per heavy atom. The van der Waals surface area contributed by atoms with Crippen LogP contribution in [0.5, 0.6) is 5.75 Å². The molecule has 0 unspecified atom stereocenters. The molecule has 1 aromatic rings. The lowest BCUT2D eigenvalue weighted by Crippen LogP contribution is -2.26. The monoisotopic (exact) mass is 313 g/mol. The smallest absolute Gasteiger partial charge is 0.308 e. The van der Waals surface area contributed by atoms with Gasteiger partial charge < -0.3 is 14.7 Å². The lowest BCUT2D eigenvalue weighted by molar-refractivity contribution is -0.141. The van der Waals surface area contributed by atoms with Gasteiger partial charge in [-0.25, -0.2) is 0 Å². The molecule has 1 heterocycles. The summed E-state index contributed by atoms with van der Waals surface area (Å²) in [4.78, 5) is 24.2. The van der Waals surface area contributed by atoms with Crippen molar-refractivity contribution >= 4 is 33.5 Å². The summed E-state index contributed by atoms with van der Waals surface area (Å²) in [5.74, 6) is -1.24. The minimum absolute atomic E-state index is 0.0363. The van der Waals surface area contributed by atoms with Gasteiger partial charge in [-0.15, -0.1) is 0 Å². The van der Waals surface area contributed by atoms with Gasteiger partial charge in [0.15, 0.2) is 0 Å². The molecule has 0 radical (unpaired) electrons. The number of carboxylic acid groups (broad SMARTS) is 1. The fourth-order valence-corrected chi connectivity index (χ4v) is 2.32. The van der Waals surface area contributed by atoms with Gasteiger partial charge in [-0.2, -0.15) is 0 Å². The summed E-state index contributed by atoms with van der Waals surface area (Å²) < 4.78 is 6.05. The molecule has 0 bridgehead atoms.